The van der Waals surface area contributed by atoms with Crippen molar-refractivity contribution in [3.63, 3.8) is 0 Å². The predicted octanol–water partition coefficient (Wildman–Crippen LogP) is -0.918. The molecular weight excluding hydrogens is 102 g/mol. The third-order valence-electron chi connectivity index (χ3n) is 1.44. The van der Waals surface area contributed by atoms with Gasteiger partial charge >= 0.3 is 0 Å². The van der Waals surface area contributed by atoms with Crippen LogP contribution in [0, 0.1) is 7.05 Å². The Labute approximate surface area is 50.4 Å². The van der Waals surface area contributed by atoms with E-state index in [-0.39, 0.29) is 0 Å². The molecule has 1 saturated heterocycles. The Morgan fingerprint density at radius 1 is 1.75 bits per heavy atom. The van der Waals surface area contributed by atoms with E-state index < -0.39 is 0 Å². The fraction of sp³-hybridized carbons (Fsp3) is 0.833. The second-order valence-corrected chi connectivity index (χ2v) is 2.24. The third kappa shape index (κ3) is 1.20. The van der Waals surface area contributed by atoms with Crippen molar-refractivity contribution < 1.29 is 9.64 Å². The number of likely N-dealkylation sites (tertiary alicyclic amines) is 1. The van der Waals surface area contributed by atoms with Crippen LogP contribution < -0.4 is 4.90 Å². The van der Waals surface area contributed by atoms with Crippen molar-refractivity contribution >= 4 is 0 Å². The van der Waals surface area contributed by atoms with Crippen molar-refractivity contribution in [1.82, 2.24) is 0 Å². The summed E-state index contributed by atoms with van der Waals surface area (Å²) in [7, 11) is 3.81. The number of hydrogen-bond donors (Lipinski definition) is 1. The number of rotatable bonds is 2. The zero-order valence-corrected chi connectivity index (χ0v) is 5.31. The maximum atomic E-state index is 5.29. The summed E-state index contributed by atoms with van der Waals surface area (Å²) in [4.78, 5) is 1.34. The lowest BCUT2D eigenvalue weighted by atomic mass is 10.2. The zero-order valence-electron chi connectivity index (χ0n) is 5.31. The van der Waals surface area contributed by atoms with Gasteiger partial charge in [0, 0.05) is 6.61 Å². The molecule has 1 rings (SSSR count). The first-order chi connectivity index (χ1) is 3.83. The molecule has 0 amide bonds. The smallest absolute Gasteiger partial charge is 0.150 e. The largest absolute Gasteiger partial charge is 0.463 e. The summed E-state index contributed by atoms with van der Waals surface area (Å²) in [6.07, 6.45) is 0.507. The molecule has 0 spiro atoms. The highest BCUT2D eigenvalue weighted by Gasteiger charge is 2.23. The molecule has 0 aromatic heterocycles. The summed E-state index contributed by atoms with van der Waals surface area (Å²) in [6.45, 7) is 5.06. The van der Waals surface area contributed by atoms with Gasteiger partial charge < -0.3 is 9.64 Å². The molecule has 0 aromatic rings. The summed E-state index contributed by atoms with van der Waals surface area (Å²) in [5, 5.41) is 0. The van der Waals surface area contributed by atoms with Gasteiger partial charge in [0.25, 0.3) is 0 Å². The summed E-state index contributed by atoms with van der Waals surface area (Å²) in [5.74, 6) is 0. The van der Waals surface area contributed by atoms with Crippen LogP contribution in [0.5, 0.6) is 0 Å². The van der Waals surface area contributed by atoms with E-state index in [9.17, 15) is 0 Å². The van der Waals surface area contributed by atoms with Gasteiger partial charge in [-0.3, -0.25) is 0 Å². The van der Waals surface area contributed by atoms with Crippen LogP contribution in [-0.2, 0) is 4.74 Å². The Morgan fingerprint density at radius 3 is 2.75 bits per heavy atom. The first kappa shape index (κ1) is 6.05. The molecule has 0 unspecified atom stereocenters. The minimum Gasteiger partial charge on any atom is -0.463 e. The molecule has 1 fully saturated rings. The number of nitrogens with one attached hydrogen (secondary N) is 1. The number of quaternary nitrogens is 1. The molecule has 48 valence electrons. The molecular formula is C6H13NO. The molecule has 2 nitrogen and oxygen atoms in total. The maximum absolute atomic E-state index is 5.29. The van der Waals surface area contributed by atoms with Crippen molar-refractivity contribution in [3.05, 3.63) is 7.05 Å². The quantitative estimate of drug-likeness (QED) is 0.460. The first-order valence-corrected chi connectivity index (χ1v) is 3.11. The van der Waals surface area contributed by atoms with Gasteiger partial charge in [-0.05, 0) is 6.92 Å². The Hall–Kier alpha value is -0.0800. The summed E-state index contributed by atoms with van der Waals surface area (Å²) >= 11 is 0. The van der Waals surface area contributed by atoms with Gasteiger partial charge in [-0.25, -0.2) is 0 Å². The van der Waals surface area contributed by atoms with Crippen molar-refractivity contribution in [2.45, 2.75) is 13.0 Å². The zero-order chi connectivity index (χ0) is 5.98. The van der Waals surface area contributed by atoms with Crippen LogP contribution in [0.4, 0.5) is 0 Å². The van der Waals surface area contributed by atoms with Crippen molar-refractivity contribution in [1.29, 1.82) is 0 Å². The van der Waals surface area contributed by atoms with E-state index in [0.29, 0.717) is 6.10 Å². The van der Waals surface area contributed by atoms with Crippen LogP contribution >= 0.6 is 0 Å². The number of ether oxygens (including phenoxy) is 1. The van der Waals surface area contributed by atoms with Gasteiger partial charge in [0.15, 0.2) is 6.10 Å². The monoisotopic (exact) mass is 115 g/mol. The van der Waals surface area contributed by atoms with Gasteiger partial charge in [-0.15, -0.1) is 0 Å². The lowest BCUT2D eigenvalue weighted by Gasteiger charge is -2.37. The van der Waals surface area contributed by atoms with E-state index >= 15 is 0 Å². The van der Waals surface area contributed by atoms with E-state index in [4.69, 9.17) is 4.74 Å². The van der Waals surface area contributed by atoms with Gasteiger partial charge in [-0.1, -0.05) is 0 Å². The van der Waals surface area contributed by atoms with Crippen LogP contribution in [0.1, 0.15) is 6.92 Å². The Balaban J connectivity index is 1.98. The minimum absolute atomic E-state index is 0.507. The molecule has 1 heterocycles. The van der Waals surface area contributed by atoms with E-state index in [1.807, 2.05) is 6.92 Å². The molecule has 0 saturated carbocycles. The highest BCUT2D eigenvalue weighted by molar-refractivity contribution is 4.60. The topological polar surface area (TPSA) is 13.7 Å². The van der Waals surface area contributed by atoms with Gasteiger partial charge in [0.05, 0.1) is 13.1 Å². The molecule has 1 aliphatic heterocycles. The van der Waals surface area contributed by atoms with Crippen molar-refractivity contribution in [2.75, 3.05) is 19.7 Å². The fourth-order valence-corrected chi connectivity index (χ4v) is 0.938. The highest BCUT2D eigenvalue weighted by Crippen LogP contribution is 1.90. The molecule has 0 aliphatic carbocycles. The molecule has 0 bridgehead atoms. The SMILES string of the molecule is [CH2-][NH+]1CC(OCC)C1. The molecule has 8 heavy (non-hydrogen) atoms. The van der Waals surface area contributed by atoms with Gasteiger partial charge in [0.1, 0.15) is 0 Å². The number of hydrogen-bond acceptors (Lipinski definition) is 1. The van der Waals surface area contributed by atoms with E-state index in [1.165, 1.54) is 4.90 Å². The van der Waals surface area contributed by atoms with Crippen LogP contribution in [-0.4, -0.2) is 25.8 Å². The highest BCUT2D eigenvalue weighted by atomic mass is 16.5. The second-order valence-electron chi connectivity index (χ2n) is 2.24. The fourth-order valence-electron chi connectivity index (χ4n) is 0.938. The lowest BCUT2D eigenvalue weighted by Crippen LogP contribution is -3.17. The Morgan fingerprint density at radius 2 is 2.38 bits per heavy atom. The van der Waals surface area contributed by atoms with Crippen LogP contribution in [0.25, 0.3) is 0 Å². The Kier molecular flexibility index (Phi) is 1.86. The Bertz CT molecular complexity index is 66.2. The van der Waals surface area contributed by atoms with Crippen LogP contribution in [0.3, 0.4) is 0 Å². The predicted molar refractivity (Wildman–Crippen MR) is 31.5 cm³/mol. The van der Waals surface area contributed by atoms with Crippen LogP contribution in [0.15, 0.2) is 0 Å². The maximum Gasteiger partial charge on any atom is 0.150 e. The third-order valence-corrected chi connectivity index (χ3v) is 1.44. The van der Waals surface area contributed by atoms with Gasteiger partial charge in [0.2, 0.25) is 0 Å². The van der Waals surface area contributed by atoms with Crippen LogP contribution in [0.2, 0.25) is 0 Å². The van der Waals surface area contributed by atoms with Crippen molar-refractivity contribution in [3.8, 4) is 0 Å². The van der Waals surface area contributed by atoms with E-state index in [2.05, 4.69) is 7.05 Å². The average Bonchev–Trinajstić information content (AvgIpc) is 1.64. The van der Waals surface area contributed by atoms with Gasteiger partial charge in [-0.2, -0.15) is 7.05 Å². The molecule has 0 aromatic carbocycles. The molecule has 1 N–H and O–H groups in total. The molecule has 2 heteroatoms. The second kappa shape index (κ2) is 2.46. The van der Waals surface area contributed by atoms with E-state index in [1.54, 1.807) is 0 Å². The first-order valence-electron chi connectivity index (χ1n) is 3.11. The normalized spacial score (nSPS) is 36.8. The molecule has 1 aliphatic rings. The summed E-state index contributed by atoms with van der Waals surface area (Å²) in [5.41, 5.74) is 0. The standard InChI is InChI=1S/C6H13NO/c1-3-8-6-4-7(2)5-6/h6-7H,2-5H2,1H3. The van der Waals surface area contributed by atoms with E-state index in [0.717, 1.165) is 19.7 Å². The molecule has 0 atom stereocenters. The minimum atomic E-state index is 0.507. The molecule has 0 radical (unpaired) electrons. The van der Waals surface area contributed by atoms with Crippen molar-refractivity contribution in [2.24, 2.45) is 0 Å². The summed E-state index contributed by atoms with van der Waals surface area (Å²) in [6, 6.07) is 0. The lowest BCUT2D eigenvalue weighted by molar-refractivity contribution is -0.906. The average molecular weight is 115 g/mol. The summed E-state index contributed by atoms with van der Waals surface area (Å²) < 4.78 is 5.29.